The lowest BCUT2D eigenvalue weighted by molar-refractivity contribution is 0.343. The number of rotatable bonds is 3. The number of fused-ring (bicyclic) bond motifs is 1. The molecule has 0 saturated heterocycles. The van der Waals surface area contributed by atoms with Crippen LogP contribution in [0.5, 0.6) is 0 Å². The molecule has 0 aromatic rings. The van der Waals surface area contributed by atoms with Crippen molar-refractivity contribution >= 4 is 0 Å². The van der Waals surface area contributed by atoms with Crippen LogP contribution >= 0.6 is 0 Å². The molecule has 0 heterocycles. The molecule has 1 heteroatoms. The maximum Gasteiger partial charge on any atom is 0.122 e. The first kappa shape index (κ1) is 14.8. The Bertz CT molecular complexity index is 351. The van der Waals surface area contributed by atoms with Crippen molar-refractivity contribution in [1.82, 2.24) is 0 Å². The van der Waals surface area contributed by atoms with Crippen molar-refractivity contribution in [2.24, 2.45) is 11.8 Å². The molecule has 1 saturated carbocycles. The summed E-state index contributed by atoms with van der Waals surface area (Å²) in [5.41, 5.74) is 2.52. The minimum atomic E-state index is 0.110. The van der Waals surface area contributed by atoms with Crippen molar-refractivity contribution in [3.63, 3.8) is 0 Å². The molecule has 0 bridgehead atoms. The third kappa shape index (κ3) is 3.49. The summed E-state index contributed by atoms with van der Waals surface area (Å²) in [4.78, 5) is 0. The van der Waals surface area contributed by atoms with E-state index in [-0.39, 0.29) is 5.83 Å². The maximum absolute atomic E-state index is 14.4. The summed E-state index contributed by atoms with van der Waals surface area (Å²) in [7, 11) is 0. The van der Waals surface area contributed by atoms with Crippen LogP contribution in [0.15, 0.2) is 23.0 Å². The Balaban J connectivity index is 2.27. The molecule has 2 unspecified atom stereocenters. The summed E-state index contributed by atoms with van der Waals surface area (Å²) >= 11 is 0. The van der Waals surface area contributed by atoms with Gasteiger partial charge in [-0.05, 0) is 49.2 Å². The summed E-state index contributed by atoms with van der Waals surface area (Å²) in [5, 5.41) is 0. The first-order chi connectivity index (χ1) is 9.27. The van der Waals surface area contributed by atoms with Gasteiger partial charge >= 0.3 is 0 Å². The Morgan fingerprint density at radius 1 is 1.00 bits per heavy atom. The first-order valence-corrected chi connectivity index (χ1v) is 8.36. The third-order valence-electron chi connectivity index (χ3n) is 4.99. The SMILES string of the molecule is CCCC1=C(F)C=C(CC)C2CCCCCCCC12. The first-order valence-electron chi connectivity index (χ1n) is 8.36. The maximum atomic E-state index is 14.4. The molecule has 108 valence electrons. The molecular weight excluding hydrogens is 235 g/mol. The molecule has 19 heavy (non-hydrogen) atoms. The van der Waals surface area contributed by atoms with Gasteiger partial charge in [0.15, 0.2) is 0 Å². The van der Waals surface area contributed by atoms with Gasteiger partial charge in [-0.2, -0.15) is 0 Å². The molecule has 2 aliphatic rings. The predicted molar refractivity (Wildman–Crippen MR) is 80.7 cm³/mol. The zero-order valence-corrected chi connectivity index (χ0v) is 12.7. The van der Waals surface area contributed by atoms with E-state index in [4.69, 9.17) is 0 Å². The summed E-state index contributed by atoms with van der Waals surface area (Å²) in [6.45, 7) is 4.36. The monoisotopic (exact) mass is 264 g/mol. The smallest absolute Gasteiger partial charge is 0.122 e. The van der Waals surface area contributed by atoms with Gasteiger partial charge < -0.3 is 0 Å². The molecule has 2 atom stereocenters. The highest BCUT2D eigenvalue weighted by Gasteiger charge is 2.32. The summed E-state index contributed by atoms with van der Waals surface area (Å²) in [5.74, 6) is 1.27. The average molecular weight is 264 g/mol. The van der Waals surface area contributed by atoms with Crippen LogP contribution in [-0.2, 0) is 0 Å². The van der Waals surface area contributed by atoms with E-state index in [1.54, 1.807) is 0 Å². The highest BCUT2D eigenvalue weighted by molar-refractivity contribution is 5.33. The summed E-state index contributed by atoms with van der Waals surface area (Å²) in [6.07, 6.45) is 14.1. The fourth-order valence-corrected chi connectivity index (χ4v) is 4.00. The van der Waals surface area contributed by atoms with Gasteiger partial charge in [0.2, 0.25) is 0 Å². The van der Waals surface area contributed by atoms with E-state index in [1.165, 1.54) is 50.5 Å². The third-order valence-corrected chi connectivity index (χ3v) is 4.99. The summed E-state index contributed by atoms with van der Waals surface area (Å²) in [6, 6.07) is 0. The van der Waals surface area contributed by atoms with Crippen LogP contribution in [0.1, 0.15) is 78.1 Å². The quantitative estimate of drug-likeness (QED) is 0.558. The molecular formula is C18H29F. The van der Waals surface area contributed by atoms with Gasteiger partial charge in [-0.1, -0.05) is 57.9 Å². The standard InChI is InChI=1S/C18H29F/c1-3-10-17-16-12-9-7-5-6-8-11-15(16)14(4-2)13-18(17)19/h13,15-16H,3-12H2,1-2H3. The number of hydrogen-bond acceptors (Lipinski definition) is 0. The Morgan fingerprint density at radius 3 is 2.26 bits per heavy atom. The minimum absolute atomic E-state index is 0.110. The number of allylic oxidation sites excluding steroid dienone is 4. The van der Waals surface area contributed by atoms with Gasteiger partial charge in [0, 0.05) is 0 Å². The second kappa shape index (κ2) is 7.26. The van der Waals surface area contributed by atoms with Crippen molar-refractivity contribution in [3.05, 3.63) is 23.0 Å². The highest BCUT2D eigenvalue weighted by atomic mass is 19.1. The Hall–Kier alpha value is -0.590. The van der Waals surface area contributed by atoms with Gasteiger partial charge in [-0.3, -0.25) is 0 Å². The molecule has 1 fully saturated rings. The Labute approximate surface area is 118 Å². The number of halogens is 1. The zero-order chi connectivity index (χ0) is 13.7. The van der Waals surface area contributed by atoms with Crippen molar-refractivity contribution in [3.8, 4) is 0 Å². The molecule has 0 aromatic heterocycles. The van der Waals surface area contributed by atoms with E-state index in [9.17, 15) is 4.39 Å². The van der Waals surface area contributed by atoms with E-state index in [1.807, 2.05) is 6.08 Å². The van der Waals surface area contributed by atoms with Crippen molar-refractivity contribution in [2.75, 3.05) is 0 Å². The van der Waals surface area contributed by atoms with Crippen LogP contribution in [0, 0.1) is 11.8 Å². The lowest BCUT2D eigenvalue weighted by Gasteiger charge is -2.34. The van der Waals surface area contributed by atoms with Crippen molar-refractivity contribution in [1.29, 1.82) is 0 Å². The lowest BCUT2D eigenvalue weighted by atomic mass is 9.71. The van der Waals surface area contributed by atoms with Gasteiger partial charge in [0.1, 0.15) is 5.83 Å². The molecule has 2 rings (SSSR count). The van der Waals surface area contributed by atoms with E-state index < -0.39 is 0 Å². The largest absolute Gasteiger partial charge is 0.207 e. The van der Waals surface area contributed by atoms with E-state index in [2.05, 4.69) is 13.8 Å². The molecule has 0 amide bonds. The predicted octanol–water partition coefficient (Wildman–Crippen LogP) is 6.34. The number of hydrogen-bond donors (Lipinski definition) is 0. The van der Waals surface area contributed by atoms with Crippen LogP contribution < -0.4 is 0 Å². The summed E-state index contributed by atoms with van der Waals surface area (Å²) < 4.78 is 14.4. The molecule has 0 spiro atoms. The second-order valence-electron chi connectivity index (χ2n) is 6.25. The van der Waals surface area contributed by atoms with E-state index in [0.717, 1.165) is 24.8 Å². The van der Waals surface area contributed by atoms with E-state index >= 15 is 0 Å². The highest BCUT2D eigenvalue weighted by Crippen LogP contribution is 2.44. The molecule has 0 radical (unpaired) electrons. The topological polar surface area (TPSA) is 0 Å². The average Bonchev–Trinajstić information content (AvgIpc) is 2.53. The van der Waals surface area contributed by atoms with Crippen LogP contribution in [-0.4, -0.2) is 0 Å². The van der Waals surface area contributed by atoms with Crippen LogP contribution in [0.3, 0.4) is 0 Å². The Morgan fingerprint density at radius 2 is 1.63 bits per heavy atom. The minimum Gasteiger partial charge on any atom is -0.207 e. The molecule has 0 nitrogen and oxygen atoms in total. The van der Waals surface area contributed by atoms with E-state index in [0.29, 0.717) is 11.8 Å². The lowest BCUT2D eigenvalue weighted by Crippen LogP contribution is -2.23. The molecule has 0 aliphatic heterocycles. The normalized spacial score (nSPS) is 29.1. The fourth-order valence-electron chi connectivity index (χ4n) is 4.00. The van der Waals surface area contributed by atoms with Crippen LogP contribution in [0.4, 0.5) is 4.39 Å². The van der Waals surface area contributed by atoms with Gasteiger partial charge in [-0.25, -0.2) is 4.39 Å². The second-order valence-corrected chi connectivity index (χ2v) is 6.25. The van der Waals surface area contributed by atoms with Crippen molar-refractivity contribution < 1.29 is 4.39 Å². The van der Waals surface area contributed by atoms with Crippen LogP contribution in [0.2, 0.25) is 0 Å². The Kier molecular flexibility index (Phi) is 5.66. The molecule has 0 aromatic carbocycles. The van der Waals surface area contributed by atoms with Crippen LogP contribution in [0.25, 0.3) is 0 Å². The molecule has 0 N–H and O–H groups in total. The fraction of sp³-hybridized carbons (Fsp3) is 0.778. The molecule has 2 aliphatic carbocycles. The van der Waals surface area contributed by atoms with Gasteiger partial charge in [-0.15, -0.1) is 0 Å². The van der Waals surface area contributed by atoms with Gasteiger partial charge in [0.25, 0.3) is 0 Å². The van der Waals surface area contributed by atoms with Gasteiger partial charge in [0.05, 0.1) is 0 Å². The zero-order valence-electron chi connectivity index (χ0n) is 12.7. The van der Waals surface area contributed by atoms with Crippen molar-refractivity contribution in [2.45, 2.75) is 78.1 Å².